The van der Waals surface area contributed by atoms with Gasteiger partial charge in [0.1, 0.15) is 5.75 Å². The van der Waals surface area contributed by atoms with Crippen LogP contribution in [0.3, 0.4) is 0 Å². The number of nitrogen functional groups attached to an aromatic ring is 1. The Morgan fingerprint density at radius 3 is 2.48 bits per heavy atom. The van der Waals surface area contributed by atoms with Crippen molar-refractivity contribution in [1.82, 2.24) is 4.98 Å². The molecule has 0 spiro atoms. The number of hydrogen-bond donors (Lipinski definition) is 2. The number of halogens is 2. The van der Waals surface area contributed by atoms with E-state index >= 15 is 0 Å². The maximum atomic E-state index is 11.6. The van der Waals surface area contributed by atoms with Crippen LogP contribution in [0.25, 0.3) is 10.8 Å². The van der Waals surface area contributed by atoms with E-state index in [-0.39, 0.29) is 5.56 Å². The van der Waals surface area contributed by atoms with Gasteiger partial charge in [0, 0.05) is 17.3 Å². The van der Waals surface area contributed by atoms with Gasteiger partial charge in [-0.05, 0) is 41.8 Å². The molecular weight excluding hydrogens is 311 g/mol. The second-order valence-electron chi connectivity index (χ2n) is 4.47. The highest BCUT2D eigenvalue weighted by atomic mass is 35.5. The Balaban J connectivity index is 2.05. The Hall–Kier alpha value is -2.17. The molecule has 0 aliphatic heterocycles. The minimum absolute atomic E-state index is 0.150. The number of H-pyrrole nitrogens is 1. The number of nitrogens with one attached hydrogen (secondary N) is 1. The van der Waals surface area contributed by atoms with Crippen LogP contribution >= 0.6 is 23.2 Å². The molecule has 106 valence electrons. The molecule has 0 amide bonds. The third kappa shape index (κ3) is 2.68. The summed E-state index contributed by atoms with van der Waals surface area (Å²) in [5.41, 5.74) is 5.96. The summed E-state index contributed by atoms with van der Waals surface area (Å²) in [7, 11) is 0. The second-order valence-corrected chi connectivity index (χ2v) is 5.29. The van der Waals surface area contributed by atoms with Crippen LogP contribution in [0.2, 0.25) is 10.0 Å². The molecule has 0 bridgehead atoms. The summed E-state index contributed by atoms with van der Waals surface area (Å²) in [6, 6.07) is 10.0. The van der Waals surface area contributed by atoms with Gasteiger partial charge in [0.15, 0.2) is 5.75 Å². The van der Waals surface area contributed by atoms with Gasteiger partial charge in [-0.3, -0.25) is 4.79 Å². The topological polar surface area (TPSA) is 68.1 Å². The molecule has 0 atom stereocenters. The first-order valence-corrected chi connectivity index (χ1v) is 6.84. The van der Waals surface area contributed by atoms with E-state index in [0.29, 0.717) is 32.6 Å². The quantitative estimate of drug-likeness (QED) is 0.695. The number of fused-ring (bicyclic) bond motifs is 1. The fourth-order valence-electron chi connectivity index (χ4n) is 2.03. The highest BCUT2D eigenvalue weighted by Crippen LogP contribution is 2.38. The van der Waals surface area contributed by atoms with E-state index in [1.54, 1.807) is 42.6 Å². The van der Waals surface area contributed by atoms with Gasteiger partial charge in [-0.25, -0.2) is 0 Å². The van der Waals surface area contributed by atoms with Gasteiger partial charge in [-0.1, -0.05) is 23.2 Å². The molecule has 21 heavy (non-hydrogen) atoms. The number of anilines is 1. The molecule has 0 saturated carbocycles. The summed E-state index contributed by atoms with van der Waals surface area (Å²) in [6.45, 7) is 0. The predicted molar refractivity (Wildman–Crippen MR) is 85.5 cm³/mol. The maximum absolute atomic E-state index is 11.6. The van der Waals surface area contributed by atoms with Crippen molar-refractivity contribution < 1.29 is 4.74 Å². The number of aromatic nitrogens is 1. The van der Waals surface area contributed by atoms with Gasteiger partial charge >= 0.3 is 0 Å². The van der Waals surface area contributed by atoms with Gasteiger partial charge in [0.05, 0.1) is 10.0 Å². The Labute approximate surface area is 130 Å². The number of hydrogen-bond acceptors (Lipinski definition) is 3. The number of ether oxygens (including phenoxy) is 1. The Bertz CT molecular complexity index is 867. The lowest BCUT2D eigenvalue weighted by Crippen LogP contribution is -2.03. The van der Waals surface area contributed by atoms with E-state index in [4.69, 9.17) is 33.7 Å². The van der Waals surface area contributed by atoms with Gasteiger partial charge < -0.3 is 15.5 Å². The van der Waals surface area contributed by atoms with Crippen LogP contribution in [0.5, 0.6) is 11.5 Å². The van der Waals surface area contributed by atoms with Crippen molar-refractivity contribution in [2.24, 2.45) is 0 Å². The van der Waals surface area contributed by atoms with Crippen LogP contribution in [0.1, 0.15) is 0 Å². The molecule has 0 aliphatic carbocycles. The average Bonchev–Trinajstić information content (AvgIpc) is 2.43. The van der Waals surface area contributed by atoms with Crippen LogP contribution < -0.4 is 16.0 Å². The molecule has 0 saturated heterocycles. The molecule has 6 heteroatoms. The van der Waals surface area contributed by atoms with Crippen molar-refractivity contribution in [2.45, 2.75) is 0 Å². The zero-order valence-electron chi connectivity index (χ0n) is 10.7. The van der Waals surface area contributed by atoms with Crippen molar-refractivity contribution in [3.05, 3.63) is 63.0 Å². The largest absolute Gasteiger partial charge is 0.454 e. The van der Waals surface area contributed by atoms with Crippen LogP contribution in [-0.4, -0.2) is 4.98 Å². The van der Waals surface area contributed by atoms with Crippen LogP contribution in [0.4, 0.5) is 5.69 Å². The van der Waals surface area contributed by atoms with Crippen molar-refractivity contribution in [3.63, 3.8) is 0 Å². The lowest BCUT2D eigenvalue weighted by molar-refractivity contribution is 0.484. The van der Waals surface area contributed by atoms with E-state index in [1.165, 1.54) is 0 Å². The lowest BCUT2D eigenvalue weighted by atomic mass is 10.2. The van der Waals surface area contributed by atoms with Crippen molar-refractivity contribution in [3.8, 4) is 11.5 Å². The average molecular weight is 321 g/mol. The van der Waals surface area contributed by atoms with Gasteiger partial charge in [-0.15, -0.1) is 0 Å². The highest BCUT2D eigenvalue weighted by Gasteiger charge is 2.10. The first-order chi connectivity index (χ1) is 10.0. The minimum atomic E-state index is -0.150. The normalized spacial score (nSPS) is 10.8. The molecule has 4 nitrogen and oxygen atoms in total. The number of rotatable bonds is 2. The summed E-state index contributed by atoms with van der Waals surface area (Å²) in [5.74, 6) is 0.860. The number of benzene rings is 2. The van der Waals surface area contributed by atoms with Gasteiger partial charge in [0.25, 0.3) is 5.56 Å². The van der Waals surface area contributed by atoms with Gasteiger partial charge in [0.2, 0.25) is 0 Å². The molecule has 0 aliphatic rings. The minimum Gasteiger partial charge on any atom is -0.454 e. The fraction of sp³-hybridized carbons (Fsp3) is 0. The number of aromatic amines is 1. The standard InChI is InChI=1S/C15H10Cl2N2O2/c16-12-6-9(18)7-13(17)14(12)21-10-1-2-11-8(5-10)3-4-19-15(11)20/h1-7H,18H2,(H,19,20). The summed E-state index contributed by atoms with van der Waals surface area (Å²) in [6.07, 6.45) is 1.58. The molecule has 3 rings (SSSR count). The van der Waals surface area contributed by atoms with E-state index in [2.05, 4.69) is 4.98 Å². The Morgan fingerprint density at radius 2 is 1.76 bits per heavy atom. The smallest absolute Gasteiger partial charge is 0.255 e. The fourth-order valence-corrected chi connectivity index (χ4v) is 2.61. The highest BCUT2D eigenvalue weighted by molar-refractivity contribution is 6.37. The third-order valence-corrected chi connectivity index (χ3v) is 3.55. The molecule has 1 aromatic heterocycles. The molecular formula is C15H10Cl2N2O2. The number of nitrogens with two attached hydrogens (primary N) is 1. The van der Waals surface area contributed by atoms with Crippen molar-refractivity contribution >= 4 is 39.7 Å². The zero-order chi connectivity index (χ0) is 15.0. The molecule has 0 fully saturated rings. The molecule has 3 N–H and O–H groups in total. The molecule has 3 aromatic rings. The van der Waals surface area contributed by atoms with Crippen molar-refractivity contribution in [1.29, 1.82) is 0 Å². The van der Waals surface area contributed by atoms with E-state index in [0.717, 1.165) is 5.39 Å². The van der Waals surface area contributed by atoms with Crippen molar-refractivity contribution in [2.75, 3.05) is 5.73 Å². The maximum Gasteiger partial charge on any atom is 0.255 e. The molecule has 0 unspecified atom stereocenters. The summed E-state index contributed by atoms with van der Waals surface area (Å²) < 4.78 is 5.71. The molecule has 2 aromatic carbocycles. The molecule has 1 heterocycles. The third-order valence-electron chi connectivity index (χ3n) is 2.99. The first-order valence-electron chi connectivity index (χ1n) is 6.08. The van der Waals surface area contributed by atoms with Crippen LogP contribution in [0, 0.1) is 0 Å². The van der Waals surface area contributed by atoms with Crippen LogP contribution in [-0.2, 0) is 0 Å². The van der Waals surface area contributed by atoms with E-state index in [1.807, 2.05) is 0 Å². The SMILES string of the molecule is Nc1cc(Cl)c(Oc2ccc3c(=O)[nH]ccc3c2)c(Cl)c1. The Kier molecular flexibility index (Phi) is 3.49. The van der Waals surface area contributed by atoms with E-state index < -0.39 is 0 Å². The summed E-state index contributed by atoms with van der Waals surface area (Å²) >= 11 is 12.2. The van der Waals surface area contributed by atoms with Crippen LogP contribution in [0.15, 0.2) is 47.4 Å². The first kappa shape index (κ1) is 13.8. The van der Waals surface area contributed by atoms with Gasteiger partial charge in [-0.2, -0.15) is 0 Å². The Morgan fingerprint density at radius 1 is 1.05 bits per heavy atom. The predicted octanol–water partition coefficient (Wildman–Crippen LogP) is 4.21. The molecule has 0 radical (unpaired) electrons. The summed E-state index contributed by atoms with van der Waals surface area (Å²) in [4.78, 5) is 14.3. The van der Waals surface area contributed by atoms with E-state index in [9.17, 15) is 4.79 Å². The second kappa shape index (κ2) is 5.31. The lowest BCUT2D eigenvalue weighted by Gasteiger charge is -2.10. The number of pyridine rings is 1. The summed E-state index contributed by atoms with van der Waals surface area (Å²) in [5, 5.41) is 2.00. The monoisotopic (exact) mass is 320 g/mol. The zero-order valence-corrected chi connectivity index (χ0v) is 12.2.